The molecule has 7 nitrogen and oxygen atoms in total. The Hall–Kier alpha value is -2.57. The third-order valence-electron chi connectivity index (χ3n) is 4.75. The Labute approximate surface area is 153 Å². The van der Waals surface area contributed by atoms with E-state index in [0.29, 0.717) is 25.1 Å². The average Bonchev–Trinajstić information content (AvgIpc) is 3.26. The Morgan fingerprint density at radius 1 is 1.35 bits per heavy atom. The molecule has 1 N–H and O–H groups in total. The molecule has 140 valence electrons. The lowest BCUT2D eigenvalue weighted by Gasteiger charge is -2.18. The summed E-state index contributed by atoms with van der Waals surface area (Å²) in [6, 6.07) is 3.65. The van der Waals surface area contributed by atoms with Crippen LogP contribution >= 0.6 is 0 Å². The first-order valence-corrected chi connectivity index (χ1v) is 9.05. The standard InChI is InChI=1S/C19H26N4O3/c1-13-17(14(2)26-22-13)12-23(3)19(24)21-11-15-8-9-18(20-10-15)25-16-6-4-5-7-16/h8-10,16H,4-7,11-12H2,1-3H3,(H,21,24). The number of amides is 2. The van der Waals surface area contributed by atoms with E-state index in [1.807, 2.05) is 26.0 Å². The minimum atomic E-state index is -0.156. The number of carbonyl (C=O) groups is 1. The summed E-state index contributed by atoms with van der Waals surface area (Å²) in [6.45, 7) is 4.60. The SMILES string of the molecule is Cc1noc(C)c1CN(C)C(=O)NCc1ccc(OC2CCCC2)nc1. The molecule has 2 aromatic rings. The lowest BCUT2D eigenvalue weighted by atomic mass is 10.2. The number of nitrogens with one attached hydrogen (secondary N) is 1. The second kappa shape index (κ2) is 8.21. The van der Waals surface area contributed by atoms with E-state index in [-0.39, 0.29) is 6.03 Å². The van der Waals surface area contributed by atoms with E-state index in [9.17, 15) is 4.79 Å². The van der Waals surface area contributed by atoms with Gasteiger partial charge >= 0.3 is 6.03 Å². The van der Waals surface area contributed by atoms with E-state index in [4.69, 9.17) is 9.26 Å². The molecule has 7 heteroatoms. The van der Waals surface area contributed by atoms with Gasteiger partial charge in [-0.05, 0) is 45.1 Å². The van der Waals surface area contributed by atoms with Gasteiger partial charge in [0.15, 0.2) is 0 Å². The maximum absolute atomic E-state index is 12.3. The van der Waals surface area contributed by atoms with Crippen LogP contribution in [-0.2, 0) is 13.1 Å². The second-order valence-electron chi connectivity index (χ2n) is 6.85. The molecule has 26 heavy (non-hydrogen) atoms. The fraction of sp³-hybridized carbons (Fsp3) is 0.526. The third-order valence-corrected chi connectivity index (χ3v) is 4.75. The van der Waals surface area contributed by atoms with Gasteiger partial charge in [-0.2, -0.15) is 0 Å². The van der Waals surface area contributed by atoms with Crippen molar-refractivity contribution in [2.45, 2.75) is 58.7 Å². The van der Waals surface area contributed by atoms with Crippen molar-refractivity contribution in [3.63, 3.8) is 0 Å². The molecular weight excluding hydrogens is 332 g/mol. The first kappa shape index (κ1) is 18.2. The van der Waals surface area contributed by atoms with Crippen molar-refractivity contribution >= 4 is 6.03 Å². The van der Waals surface area contributed by atoms with Crippen molar-refractivity contribution < 1.29 is 14.1 Å². The van der Waals surface area contributed by atoms with Crippen LogP contribution < -0.4 is 10.1 Å². The van der Waals surface area contributed by atoms with Gasteiger partial charge in [0.05, 0.1) is 12.2 Å². The zero-order valence-corrected chi connectivity index (χ0v) is 15.6. The molecule has 3 rings (SSSR count). The average molecular weight is 358 g/mol. The molecule has 2 amide bonds. The zero-order chi connectivity index (χ0) is 18.5. The van der Waals surface area contributed by atoms with Crippen molar-refractivity contribution in [3.05, 3.63) is 40.9 Å². The summed E-state index contributed by atoms with van der Waals surface area (Å²) in [6.07, 6.45) is 6.73. The Morgan fingerprint density at radius 3 is 2.73 bits per heavy atom. The number of aryl methyl sites for hydroxylation is 2. The van der Waals surface area contributed by atoms with Crippen LogP contribution in [0.15, 0.2) is 22.9 Å². The molecule has 0 aromatic carbocycles. The molecule has 0 bridgehead atoms. The lowest BCUT2D eigenvalue weighted by molar-refractivity contribution is 0.201. The van der Waals surface area contributed by atoms with Crippen LogP contribution in [0, 0.1) is 13.8 Å². The molecule has 0 unspecified atom stereocenters. The fourth-order valence-corrected chi connectivity index (χ4v) is 3.11. The molecule has 2 aromatic heterocycles. The summed E-state index contributed by atoms with van der Waals surface area (Å²) < 4.78 is 11.0. The highest BCUT2D eigenvalue weighted by atomic mass is 16.5. The van der Waals surface area contributed by atoms with E-state index in [1.165, 1.54) is 12.8 Å². The summed E-state index contributed by atoms with van der Waals surface area (Å²) in [5.74, 6) is 1.40. The monoisotopic (exact) mass is 358 g/mol. The van der Waals surface area contributed by atoms with Gasteiger partial charge < -0.3 is 19.5 Å². The summed E-state index contributed by atoms with van der Waals surface area (Å²) in [5, 5.41) is 6.81. The van der Waals surface area contributed by atoms with Gasteiger partial charge in [0.2, 0.25) is 5.88 Å². The van der Waals surface area contributed by atoms with Crippen molar-refractivity contribution in [2.24, 2.45) is 0 Å². The molecule has 1 aliphatic carbocycles. The summed E-state index contributed by atoms with van der Waals surface area (Å²) in [4.78, 5) is 18.2. The molecule has 2 heterocycles. The maximum Gasteiger partial charge on any atom is 0.317 e. The number of nitrogens with zero attached hydrogens (tertiary/aromatic N) is 3. The summed E-state index contributed by atoms with van der Waals surface area (Å²) in [7, 11) is 1.75. The van der Waals surface area contributed by atoms with Crippen molar-refractivity contribution in [2.75, 3.05) is 7.05 Å². The number of carbonyl (C=O) groups excluding carboxylic acids is 1. The number of aromatic nitrogens is 2. The molecule has 0 saturated heterocycles. The van der Waals surface area contributed by atoms with E-state index >= 15 is 0 Å². The van der Waals surface area contributed by atoms with Crippen LogP contribution in [0.1, 0.15) is 48.3 Å². The minimum absolute atomic E-state index is 0.156. The molecule has 0 spiro atoms. The largest absolute Gasteiger partial charge is 0.474 e. The van der Waals surface area contributed by atoms with Gasteiger partial charge in [0.25, 0.3) is 0 Å². The summed E-state index contributed by atoms with van der Waals surface area (Å²) >= 11 is 0. The molecule has 1 saturated carbocycles. The number of pyridine rings is 1. The van der Waals surface area contributed by atoms with Crippen LogP contribution in [0.25, 0.3) is 0 Å². The molecular formula is C19H26N4O3. The Morgan fingerprint density at radius 2 is 2.12 bits per heavy atom. The van der Waals surface area contributed by atoms with Crippen molar-refractivity contribution in [1.82, 2.24) is 20.4 Å². The van der Waals surface area contributed by atoms with Crippen LogP contribution in [0.4, 0.5) is 4.79 Å². The van der Waals surface area contributed by atoms with Gasteiger partial charge in [-0.3, -0.25) is 0 Å². The van der Waals surface area contributed by atoms with Gasteiger partial charge in [-0.15, -0.1) is 0 Å². The van der Waals surface area contributed by atoms with Gasteiger partial charge in [0, 0.05) is 31.4 Å². The quantitative estimate of drug-likeness (QED) is 0.856. The number of rotatable bonds is 6. The topological polar surface area (TPSA) is 80.5 Å². The van der Waals surface area contributed by atoms with E-state index in [2.05, 4.69) is 15.5 Å². The molecule has 1 fully saturated rings. The Balaban J connectivity index is 1.47. The van der Waals surface area contributed by atoms with Gasteiger partial charge in [0.1, 0.15) is 11.9 Å². The maximum atomic E-state index is 12.3. The van der Waals surface area contributed by atoms with Crippen LogP contribution in [0.3, 0.4) is 0 Å². The molecule has 1 aliphatic rings. The van der Waals surface area contributed by atoms with Crippen LogP contribution in [0.2, 0.25) is 0 Å². The predicted octanol–water partition coefficient (Wildman–Crippen LogP) is 3.35. The smallest absolute Gasteiger partial charge is 0.317 e. The summed E-state index contributed by atoms with van der Waals surface area (Å²) in [5.41, 5.74) is 2.68. The van der Waals surface area contributed by atoms with Gasteiger partial charge in [-0.25, -0.2) is 9.78 Å². The van der Waals surface area contributed by atoms with E-state index < -0.39 is 0 Å². The highest BCUT2D eigenvalue weighted by molar-refractivity contribution is 5.73. The Bertz CT molecular complexity index is 716. The van der Waals surface area contributed by atoms with Crippen molar-refractivity contribution in [1.29, 1.82) is 0 Å². The lowest BCUT2D eigenvalue weighted by Crippen LogP contribution is -2.36. The number of hydrogen-bond acceptors (Lipinski definition) is 5. The second-order valence-corrected chi connectivity index (χ2v) is 6.85. The van der Waals surface area contributed by atoms with Crippen LogP contribution in [-0.4, -0.2) is 34.2 Å². The highest BCUT2D eigenvalue weighted by Crippen LogP contribution is 2.22. The first-order valence-electron chi connectivity index (χ1n) is 9.05. The van der Waals surface area contributed by atoms with Crippen molar-refractivity contribution in [3.8, 4) is 5.88 Å². The zero-order valence-electron chi connectivity index (χ0n) is 15.6. The number of ether oxygens (including phenoxy) is 1. The highest BCUT2D eigenvalue weighted by Gasteiger charge is 2.17. The normalized spacial score (nSPS) is 14.4. The molecule has 0 aliphatic heterocycles. The minimum Gasteiger partial charge on any atom is -0.474 e. The van der Waals surface area contributed by atoms with E-state index in [1.54, 1.807) is 18.1 Å². The fourth-order valence-electron chi connectivity index (χ4n) is 3.11. The van der Waals surface area contributed by atoms with E-state index in [0.717, 1.165) is 35.4 Å². The number of urea groups is 1. The number of hydrogen-bond donors (Lipinski definition) is 1. The van der Waals surface area contributed by atoms with Gasteiger partial charge in [-0.1, -0.05) is 11.2 Å². The first-order chi connectivity index (χ1) is 12.5. The van der Waals surface area contributed by atoms with Crippen LogP contribution in [0.5, 0.6) is 5.88 Å². The third kappa shape index (κ3) is 4.53. The molecule has 0 atom stereocenters. The molecule has 0 radical (unpaired) electrons. The Kier molecular flexibility index (Phi) is 5.75. The predicted molar refractivity (Wildman–Crippen MR) is 96.8 cm³/mol.